The highest BCUT2D eigenvalue weighted by Gasteiger charge is 2.41. The molecule has 0 saturated carbocycles. The molecule has 0 aromatic rings. The van der Waals surface area contributed by atoms with Crippen LogP contribution in [0.2, 0.25) is 0 Å². The molecule has 0 bridgehead atoms. The van der Waals surface area contributed by atoms with Gasteiger partial charge in [0, 0.05) is 5.92 Å². The van der Waals surface area contributed by atoms with Gasteiger partial charge in [0.2, 0.25) is 0 Å². The summed E-state index contributed by atoms with van der Waals surface area (Å²) in [4.78, 5) is 0. The van der Waals surface area contributed by atoms with E-state index in [1.54, 1.807) is 0 Å². The average Bonchev–Trinajstić information content (AvgIpc) is 2.43. The van der Waals surface area contributed by atoms with Gasteiger partial charge in [-0.2, -0.15) is 0 Å². The molecule has 0 radical (unpaired) electrons. The Morgan fingerprint density at radius 1 is 1.36 bits per heavy atom. The highest BCUT2D eigenvalue weighted by atomic mass is 32.1. The van der Waals surface area contributed by atoms with Crippen LogP contribution in [-0.4, -0.2) is 23.7 Å². The van der Waals surface area contributed by atoms with Crippen molar-refractivity contribution in [3.05, 3.63) is 0 Å². The molecule has 0 spiro atoms. The molecule has 1 aliphatic heterocycles. The number of thiol groups is 1. The molecule has 2 unspecified atom stereocenters. The molecular formula is C11H23NOS. The quantitative estimate of drug-likeness (QED) is 0.727. The maximum atomic E-state index is 6.03. The molecule has 1 heterocycles. The largest absolute Gasteiger partial charge is 0.358 e. The van der Waals surface area contributed by atoms with Crippen LogP contribution >= 0.6 is 12.8 Å². The fraction of sp³-hybridized carbons (Fsp3) is 1.00. The Bertz CT molecular complexity index is 175. The zero-order valence-electron chi connectivity index (χ0n) is 9.73. The number of nitrogens with zero attached hydrogens (tertiary/aromatic N) is 1. The van der Waals surface area contributed by atoms with Crippen LogP contribution < -0.4 is 0 Å². The summed E-state index contributed by atoms with van der Waals surface area (Å²) < 4.78 is 7.93. The SMILES string of the molecule is CCCC1OC(N(C)S)[C@H](C)[C@@H]1CC. The summed E-state index contributed by atoms with van der Waals surface area (Å²) in [5.74, 6) is 1.30. The minimum atomic E-state index is 0.194. The van der Waals surface area contributed by atoms with Crippen molar-refractivity contribution < 1.29 is 4.74 Å². The minimum Gasteiger partial charge on any atom is -0.358 e. The van der Waals surface area contributed by atoms with Gasteiger partial charge in [-0.1, -0.05) is 46.4 Å². The molecular weight excluding hydrogens is 194 g/mol. The standard InChI is InChI=1S/C11H23NOS/c1-5-7-10-9(6-2)8(3)11(13-10)12(4)14/h8-11,14H,5-7H2,1-4H3/t8-,9+,10?,11?/m1/s1. The summed E-state index contributed by atoms with van der Waals surface area (Å²) in [5, 5.41) is 0. The Balaban J connectivity index is 2.63. The molecule has 0 N–H and O–H groups in total. The first kappa shape index (κ1) is 12.3. The van der Waals surface area contributed by atoms with E-state index in [9.17, 15) is 0 Å². The van der Waals surface area contributed by atoms with E-state index in [1.165, 1.54) is 19.3 Å². The van der Waals surface area contributed by atoms with Crippen LogP contribution in [0.25, 0.3) is 0 Å². The maximum Gasteiger partial charge on any atom is 0.122 e. The summed E-state index contributed by atoms with van der Waals surface area (Å²) in [6.45, 7) is 6.76. The lowest BCUT2D eigenvalue weighted by Crippen LogP contribution is -2.29. The first-order valence-corrected chi connectivity index (χ1v) is 6.08. The van der Waals surface area contributed by atoms with Gasteiger partial charge in [-0.05, 0) is 19.4 Å². The van der Waals surface area contributed by atoms with Gasteiger partial charge in [-0.25, -0.2) is 4.31 Å². The van der Waals surface area contributed by atoms with Crippen molar-refractivity contribution in [1.29, 1.82) is 0 Å². The second-order valence-electron chi connectivity index (χ2n) is 4.36. The molecule has 4 atom stereocenters. The lowest BCUT2D eigenvalue weighted by atomic mass is 9.87. The van der Waals surface area contributed by atoms with Crippen molar-refractivity contribution >= 4 is 12.8 Å². The zero-order valence-corrected chi connectivity index (χ0v) is 10.6. The van der Waals surface area contributed by atoms with Crippen molar-refractivity contribution in [3.8, 4) is 0 Å². The smallest absolute Gasteiger partial charge is 0.122 e. The van der Waals surface area contributed by atoms with Crippen molar-refractivity contribution in [3.63, 3.8) is 0 Å². The molecule has 2 nitrogen and oxygen atoms in total. The van der Waals surface area contributed by atoms with E-state index in [2.05, 4.69) is 33.6 Å². The average molecular weight is 217 g/mol. The monoisotopic (exact) mass is 217 g/mol. The Labute approximate surface area is 93.5 Å². The van der Waals surface area contributed by atoms with Gasteiger partial charge in [0.25, 0.3) is 0 Å². The van der Waals surface area contributed by atoms with Crippen molar-refractivity contribution in [2.45, 2.75) is 52.4 Å². The van der Waals surface area contributed by atoms with Gasteiger partial charge in [-0.15, -0.1) is 0 Å². The highest BCUT2D eigenvalue weighted by molar-refractivity contribution is 7.77. The van der Waals surface area contributed by atoms with Gasteiger partial charge in [0.1, 0.15) is 6.23 Å². The van der Waals surface area contributed by atoms with Crippen LogP contribution in [0.3, 0.4) is 0 Å². The van der Waals surface area contributed by atoms with Crippen LogP contribution in [-0.2, 0) is 4.74 Å². The lowest BCUT2D eigenvalue weighted by Gasteiger charge is -2.22. The van der Waals surface area contributed by atoms with Gasteiger partial charge in [-0.3, -0.25) is 0 Å². The number of ether oxygens (including phenoxy) is 1. The fourth-order valence-corrected chi connectivity index (χ4v) is 2.85. The predicted molar refractivity (Wildman–Crippen MR) is 63.3 cm³/mol. The Morgan fingerprint density at radius 2 is 2.00 bits per heavy atom. The highest BCUT2D eigenvalue weighted by Crippen LogP contribution is 2.38. The molecule has 1 fully saturated rings. The van der Waals surface area contributed by atoms with E-state index in [0.29, 0.717) is 17.9 Å². The minimum absolute atomic E-state index is 0.194. The van der Waals surface area contributed by atoms with E-state index < -0.39 is 0 Å². The topological polar surface area (TPSA) is 12.5 Å². The Hall–Kier alpha value is 0.270. The van der Waals surface area contributed by atoms with E-state index in [1.807, 2.05) is 11.4 Å². The van der Waals surface area contributed by atoms with Crippen LogP contribution in [0, 0.1) is 11.8 Å². The number of hydrogen-bond donors (Lipinski definition) is 1. The molecule has 3 heteroatoms. The van der Waals surface area contributed by atoms with E-state index >= 15 is 0 Å². The predicted octanol–water partition coefficient (Wildman–Crippen LogP) is 2.95. The zero-order chi connectivity index (χ0) is 10.7. The first-order valence-electron chi connectivity index (χ1n) is 5.68. The molecule has 1 aliphatic rings. The molecule has 1 saturated heterocycles. The number of hydrogen-bond acceptors (Lipinski definition) is 3. The van der Waals surface area contributed by atoms with Crippen molar-refractivity contribution in [2.24, 2.45) is 11.8 Å². The third kappa shape index (κ3) is 2.44. The Kier molecular flexibility index (Phi) is 4.74. The van der Waals surface area contributed by atoms with Crippen molar-refractivity contribution in [2.75, 3.05) is 7.05 Å². The molecule has 14 heavy (non-hydrogen) atoms. The van der Waals surface area contributed by atoms with E-state index in [4.69, 9.17) is 4.74 Å². The molecule has 0 amide bonds. The summed E-state index contributed by atoms with van der Waals surface area (Å²) in [5.41, 5.74) is 0. The molecule has 84 valence electrons. The molecule has 0 aliphatic carbocycles. The van der Waals surface area contributed by atoms with Gasteiger partial charge < -0.3 is 4.74 Å². The van der Waals surface area contributed by atoms with Crippen LogP contribution in [0.5, 0.6) is 0 Å². The van der Waals surface area contributed by atoms with E-state index in [-0.39, 0.29) is 6.23 Å². The molecule has 0 aromatic carbocycles. The van der Waals surface area contributed by atoms with Crippen LogP contribution in [0.1, 0.15) is 40.0 Å². The number of rotatable bonds is 4. The van der Waals surface area contributed by atoms with Crippen molar-refractivity contribution in [1.82, 2.24) is 4.31 Å². The van der Waals surface area contributed by atoms with E-state index in [0.717, 1.165) is 0 Å². The van der Waals surface area contributed by atoms with Gasteiger partial charge in [0.05, 0.1) is 6.10 Å². The maximum absolute atomic E-state index is 6.03. The summed E-state index contributed by atoms with van der Waals surface area (Å²) in [7, 11) is 1.98. The van der Waals surface area contributed by atoms with Gasteiger partial charge in [0.15, 0.2) is 0 Å². The first-order chi connectivity index (χ1) is 6.61. The third-order valence-electron chi connectivity index (χ3n) is 3.33. The third-order valence-corrected chi connectivity index (χ3v) is 3.56. The van der Waals surface area contributed by atoms with Gasteiger partial charge >= 0.3 is 0 Å². The summed E-state index contributed by atoms with van der Waals surface area (Å²) in [6.07, 6.45) is 4.24. The molecule has 1 rings (SSSR count). The normalized spacial score (nSPS) is 38.1. The van der Waals surface area contributed by atoms with Crippen LogP contribution in [0.15, 0.2) is 0 Å². The summed E-state index contributed by atoms with van der Waals surface area (Å²) >= 11 is 4.35. The molecule has 0 aromatic heterocycles. The second kappa shape index (κ2) is 5.38. The summed E-state index contributed by atoms with van der Waals surface area (Å²) in [6, 6.07) is 0. The van der Waals surface area contributed by atoms with Crippen LogP contribution in [0.4, 0.5) is 0 Å². The Morgan fingerprint density at radius 3 is 2.43 bits per heavy atom. The second-order valence-corrected chi connectivity index (χ2v) is 4.99. The fourth-order valence-electron chi connectivity index (χ4n) is 2.58. The lowest BCUT2D eigenvalue weighted by molar-refractivity contribution is -0.0221.